The molecular formula is C15H20N6. The molecule has 4 rings (SSSR count). The second-order valence-corrected chi connectivity index (χ2v) is 6.03. The predicted molar refractivity (Wildman–Crippen MR) is 79.6 cm³/mol. The van der Waals surface area contributed by atoms with Crippen LogP contribution in [-0.2, 0) is 20.1 Å². The van der Waals surface area contributed by atoms with Crippen molar-refractivity contribution in [3.05, 3.63) is 35.7 Å². The molecule has 0 bridgehead atoms. The average Bonchev–Trinajstić information content (AvgIpc) is 3.27. The fourth-order valence-electron chi connectivity index (χ4n) is 3.13. The van der Waals surface area contributed by atoms with Gasteiger partial charge in [0.25, 0.3) is 0 Å². The SMILES string of the molecule is Cn1nnc(CN2CC(C3CC3)NCc3ccccc32)n1. The molecule has 1 unspecified atom stereocenters. The maximum atomic E-state index is 4.33. The van der Waals surface area contributed by atoms with Crippen LogP contribution in [0.3, 0.4) is 0 Å². The molecule has 2 heterocycles. The molecule has 0 spiro atoms. The van der Waals surface area contributed by atoms with Crippen molar-refractivity contribution < 1.29 is 0 Å². The van der Waals surface area contributed by atoms with E-state index in [1.54, 1.807) is 7.05 Å². The molecule has 2 aromatic rings. The van der Waals surface area contributed by atoms with Crippen molar-refractivity contribution in [1.29, 1.82) is 0 Å². The minimum atomic E-state index is 0.564. The van der Waals surface area contributed by atoms with Gasteiger partial charge in [-0.2, -0.15) is 4.80 Å². The number of benzene rings is 1. The Balaban J connectivity index is 1.63. The van der Waals surface area contributed by atoms with Crippen molar-refractivity contribution in [2.75, 3.05) is 11.4 Å². The molecule has 1 fully saturated rings. The zero-order chi connectivity index (χ0) is 14.2. The van der Waals surface area contributed by atoms with Crippen molar-refractivity contribution in [3.63, 3.8) is 0 Å². The lowest BCUT2D eigenvalue weighted by Crippen LogP contribution is -2.39. The second kappa shape index (κ2) is 5.11. The zero-order valence-corrected chi connectivity index (χ0v) is 12.2. The first-order valence-electron chi connectivity index (χ1n) is 7.59. The molecule has 2 aliphatic rings. The minimum absolute atomic E-state index is 0.564. The van der Waals surface area contributed by atoms with Crippen molar-refractivity contribution in [2.24, 2.45) is 13.0 Å². The molecule has 1 aromatic carbocycles. The van der Waals surface area contributed by atoms with Crippen molar-refractivity contribution in [1.82, 2.24) is 25.5 Å². The third-order valence-electron chi connectivity index (χ3n) is 4.38. The number of rotatable bonds is 3. The van der Waals surface area contributed by atoms with Crippen LogP contribution in [0.4, 0.5) is 5.69 Å². The molecule has 1 aliphatic carbocycles. The monoisotopic (exact) mass is 284 g/mol. The fourth-order valence-corrected chi connectivity index (χ4v) is 3.13. The van der Waals surface area contributed by atoms with E-state index < -0.39 is 0 Å². The molecule has 6 heteroatoms. The Kier molecular flexibility index (Phi) is 3.11. The molecule has 1 aromatic heterocycles. The predicted octanol–water partition coefficient (Wildman–Crippen LogP) is 1.10. The van der Waals surface area contributed by atoms with Crippen molar-refractivity contribution in [2.45, 2.75) is 32.0 Å². The van der Waals surface area contributed by atoms with Gasteiger partial charge in [-0.3, -0.25) is 0 Å². The molecule has 0 saturated heterocycles. The molecule has 110 valence electrons. The molecule has 1 atom stereocenters. The smallest absolute Gasteiger partial charge is 0.193 e. The Morgan fingerprint density at radius 2 is 2.14 bits per heavy atom. The summed E-state index contributed by atoms with van der Waals surface area (Å²) in [4.78, 5) is 3.92. The van der Waals surface area contributed by atoms with E-state index in [-0.39, 0.29) is 0 Å². The standard InChI is InChI=1S/C15H20N6/c1-20-18-15(17-19-20)10-21-9-13(11-6-7-11)16-8-12-4-2-3-5-14(12)21/h2-5,11,13,16H,6-10H2,1H3. The van der Waals surface area contributed by atoms with Crippen molar-refractivity contribution in [3.8, 4) is 0 Å². The summed E-state index contributed by atoms with van der Waals surface area (Å²) in [7, 11) is 1.81. The Morgan fingerprint density at radius 3 is 2.90 bits per heavy atom. The van der Waals surface area contributed by atoms with Gasteiger partial charge in [0.05, 0.1) is 13.6 Å². The van der Waals surface area contributed by atoms with Gasteiger partial charge in [-0.1, -0.05) is 18.2 Å². The largest absolute Gasteiger partial charge is 0.362 e. The first-order chi connectivity index (χ1) is 10.3. The summed E-state index contributed by atoms with van der Waals surface area (Å²) < 4.78 is 0. The van der Waals surface area contributed by atoms with E-state index >= 15 is 0 Å². The van der Waals surface area contributed by atoms with E-state index in [1.165, 1.54) is 28.9 Å². The lowest BCUT2D eigenvalue weighted by molar-refractivity contribution is 0.465. The molecule has 21 heavy (non-hydrogen) atoms. The maximum Gasteiger partial charge on any atom is 0.193 e. The number of nitrogens with one attached hydrogen (secondary N) is 1. The van der Waals surface area contributed by atoms with Gasteiger partial charge in [-0.05, 0) is 35.6 Å². The van der Waals surface area contributed by atoms with Crippen LogP contribution in [0.25, 0.3) is 0 Å². The van der Waals surface area contributed by atoms with Gasteiger partial charge in [0.15, 0.2) is 5.82 Å². The molecular weight excluding hydrogens is 264 g/mol. The highest BCUT2D eigenvalue weighted by molar-refractivity contribution is 5.54. The number of tetrazole rings is 1. The van der Waals surface area contributed by atoms with Gasteiger partial charge in [-0.15, -0.1) is 10.2 Å². The van der Waals surface area contributed by atoms with Crippen LogP contribution in [-0.4, -0.2) is 32.8 Å². The van der Waals surface area contributed by atoms with Crippen LogP contribution in [0, 0.1) is 5.92 Å². The van der Waals surface area contributed by atoms with Gasteiger partial charge in [-0.25, -0.2) is 0 Å². The highest BCUT2D eigenvalue weighted by Gasteiger charge is 2.34. The van der Waals surface area contributed by atoms with Crippen LogP contribution in [0.15, 0.2) is 24.3 Å². The first kappa shape index (κ1) is 12.8. The van der Waals surface area contributed by atoms with Gasteiger partial charge in [0, 0.05) is 24.8 Å². The number of hydrogen-bond donors (Lipinski definition) is 1. The van der Waals surface area contributed by atoms with E-state index in [2.05, 4.69) is 49.9 Å². The van der Waals surface area contributed by atoms with Gasteiger partial charge in [0.1, 0.15) is 0 Å². The number of anilines is 1. The maximum absolute atomic E-state index is 4.33. The Bertz CT molecular complexity index is 633. The number of aromatic nitrogens is 4. The van der Waals surface area contributed by atoms with Gasteiger partial charge < -0.3 is 10.2 Å². The number of aryl methyl sites for hydroxylation is 1. The lowest BCUT2D eigenvalue weighted by Gasteiger charge is -2.26. The zero-order valence-electron chi connectivity index (χ0n) is 12.2. The summed E-state index contributed by atoms with van der Waals surface area (Å²) >= 11 is 0. The van der Waals surface area contributed by atoms with Crippen LogP contribution in [0.5, 0.6) is 0 Å². The third-order valence-corrected chi connectivity index (χ3v) is 4.38. The average molecular weight is 284 g/mol. The van der Waals surface area contributed by atoms with E-state index in [9.17, 15) is 0 Å². The van der Waals surface area contributed by atoms with Crippen LogP contribution in [0.2, 0.25) is 0 Å². The van der Waals surface area contributed by atoms with Crippen molar-refractivity contribution >= 4 is 5.69 Å². The third kappa shape index (κ3) is 2.63. The van der Waals surface area contributed by atoms with E-state index in [1.807, 2.05) is 0 Å². The normalized spacial score (nSPS) is 22.0. The molecule has 6 nitrogen and oxygen atoms in total. The summed E-state index contributed by atoms with van der Waals surface area (Å²) in [5.41, 5.74) is 2.64. The summed E-state index contributed by atoms with van der Waals surface area (Å²) in [5, 5.41) is 16.1. The summed E-state index contributed by atoms with van der Waals surface area (Å²) in [6, 6.07) is 9.18. The Labute approximate surface area is 124 Å². The molecule has 1 N–H and O–H groups in total. The number of hydrogen-bond acceptors (Lipinski definition) is 5. The summed E-state index contributed by atoms with van der Waals surface area (Å²) in [5.74, 6) is 1.61. The number of nitrogens with zero attached hydrogens (tertiary/aromatic N) is 5. The van der Waals surface area contributed by atoms with Gasteiger partial charge >= 0.3 is 0 Å². The highest BCUT2D eigenvalue weighted by Crippen LogP contribution is 2.35. The fraction of sp³-hybridized carbons (Fsp3) is 0.533. The van der Waals surface area contributed by atoms with E-state index in [0.717, 1.165) is 31.4 Å². The van der Waals surface area contributed by atoms with Crippen LogP contribution >= 0.6 is 0 Å². The molecule has 1 saturated carbocycles. The van der Waals surface area contributed by atoms with Crippen LogP contribution < -0.4 is 10.2 Å². The topological polar surface area (TPSA) is 58.9 Å². The molecule has 1 aliphatic heterocycles. The Morgan fingerprint density at radius 1 is 1.29 bits per heavy atom. The van der Waals surface area contributed by atoms with Gasteiger partial charge in [0.2, 0.25) is 0 Å². The Hall–Kier alpha value is -1.95. The minimum Gasteiger partial charge on any atom is -0.362 e. The lowest BCUT2D eigenvalue weighted by atomic mass is 10.1. The quantitative estimate of drug-likeness (QED) is 0.914. The number of para-hydroxylation sites is 1. The highest BCUT2D eigenvalue weighted by atomic mass is 15.6. The number of fused-ring (bicyclic) bond motifs is 1. The van der Waals surface area contributed by atoms with Crippen LogP contribution in [0.1, 0.15) is 24.2 Å². The second-order valence-electron chi connectivity index (χ2n) is 6.03. The summed E-state index contributed by atoms with van der Waals surface area (Å²) in [6.45, 7) is 2.68. The van der Waals surface area contributed by atoms with E-state index in [0.29, 0.717) is 6.04 Å². The first-order valence-corrected chi connectivity index (χ1v) is 7.59. The molecule has 0 radical (unpaired) electrons. The van der Waals surface area contributed by atoms with E-state index in [4.69, 9.17) is 0 Å². The summed E-state index contributed by atoms with van der Waals surface area (Å²) in [6.07, 6.45) is 2.70. The molecule has 0 amide bonds.